The minimum atomic E-state index is 0.284. The molecule has 0 aliphatic heterocycles. The first-order valence-corrected chi connectivity index (χ1v) is 6.88. The van der Waals surface area contributed by atoms with E-state index in [1.54, 1.807) is 18.4 Å². The van der Waals surface area contributed by atoms with Gasteiger partial charge in [-0.15, -0.1) is 0 Å². The second-order valence-electron chi connectivity index (χ2n) is 4.20. The molecule has 0 amide bonds. The Labute approximate surface area is 111 Å². The van der Waals surface area contributed by atoms with Gasteiger partial charge in [-0.1, -0.05) is 12.1 Å². The number of hydrogen-bond acceptors (Lipinski definition) is 3. The fourth-order valence-corrected chi connectivity index (χ4v) is 2.48. The molecule has 2 rings (SSSR count). The minimum Gasteiger partial charge on any atom is -0.497 e. The average molecular weight is 260 g/mol. The lowest BCUT2D eigenvalue weighted by Gasteiger charge is -2.03. The van der Waals surface area contributed by atoms with Crippen molar-refractivity contribution in [3.63, 3.8) is 0 Å². The van der Waals surface area contributed by atoms with Gasteiger partial charge in [0, 0.05) is 12.8 Å². The van der Waals surface area contributed by atoms with Crippen molar-refractivity contribution in [2.24, 2.45) is 0 Å². The van der Waals surface area contributed by atoms with E-state index in [0.717, 1.165) is 17.7 Å². The lowest BCUT2D eigenvalue weighted by molar-refractivity contribution is -0.118. The molecule has 2 aromatic rings. The summed E-state index contributed by atoms with van der Waals surface area (Å²) in [6, 6.07) is 9.75. The third-order valence-electron chi connectivity index (χ3n) is 2.83. The molecule has 0 aliphatic carbocycles. The van der Waals surface area contributed by atoms with E-state index in [9.17, 15) is 4.79 Å². The smallest absolute Gasteiger partial charge is 0.137 e. The molecule has 0 atom stereocenters. The molecule has 0 radical (unpaired) electrons. The summed E-state index contributed by atoms with van der Waals surface area (Å²) in [4.78, 5) is 11.8. The Morgan fingerprint density at radius 2 is 1.94 bits per heavy atom. The molecule has 0 N–H and O–H groups in total. The van der Waals surface area contributed by atoms with Gasteiger partial charge in [-0.2, -0.15) is 11.3 Å². The summed E-state index contributed by atoms with van der Waals surface area (Å²) < 4.78 is 5.09. The van der Waals surface area contributed by atoms with E-state index in [1.165, 1.54) is 5.56 Å². The Morgan fingerprint density at radius 1 is 1.17 bits per heavy atom. The van der Waals surface area contributed by atoms with Gasteiger partial charge >= 0.3 is 0 Å². The molecule has 0 fully saturated rings. The van der Waals surface area contributed by atoms with Crippen molar-refractivity contribution in [2.75, 3.05) is 7.11 Å². The maximum Gasteiger partial charge on any atom is 0.137 e. The fourth-order valence-electron chi connectivity index (χ4n) is 1.78. The number of Topliss-reactive ketones (excluding diaryl/α,β-unsaturated/α-hetero) is 1. The molecular weight excluding hydrogens is 244 g/mol. The van der Waals surface area contributed by atoms with Crippen LogP contribution in [0.25, 0.3) is 0 Å². The van der Waals surface area contributed by atoms with Gasteiger partial charge in [-0.25, -0.2) is 0 Å². The lowest BCUT2D eigenvalue weighted by Crippen LogP contribution is -2.04. The zero-order valence-corrected chi connectivity index (χ0v) is 11.2. The maximum absolute atomic E-state index is 11.8. The van der Waals surface area contributed by atoms with Gasteiger partial charge < -0.3 is 4.74 Å². The molecule has 0 unspecified atom stereocenters. The number of carbonyl (C=O) groups is 1. The Hall–Kier alpha value is -1.61. The highest BCUT2D eigenvalue weighted by molar-refractivity contribution is 7.07. The highest BCUT2D eigenvalue weighted by Crippen LogP contribution is 2.13. The number of benzene rings is 1. The molecule has 1 aromatic carbocycles. The van der Waals surface area contributed by atoms with E-state index in [1.807, 2.05) is 29.6 Å². The van der Waals surface area contributed by atoms with Crippen LogP contribution in [0.15, 0.2) is 41.1 Å². The number of hydrogen-bond donors (Lipinski definition) is 0. The van der Waals surface area contributed by atoms with Crippen LogP contribution in [-0.2, 0) is 17.6 Å². The lowest BCUT2D eigenvalue weighted by atomic mass is 10.0. The van der Waals surface area contributed by atoms with Crippen LogP contribution in [0.2, 0.25) is 0 Å². The van der Waals surface area contributed by atoms with Crippen molar-refractivity contribution in [1.82, 2.24) is 0 Å². The van der Waals surface area contributed by atoms with Crippen LogP contribution in [0, 0.1) is 0 Å². The number of aryl methyl sites for hydroxylation is 1. The summed E-state index contributed by atoms with van der Waals surface area (Å²) in [5, 5.41) is 4.14. The van der Waals surface area contributed by atoms with Crippen molar-refractivity contribution in [3.05, 3.63) is 52.2 Å². The number of ether oxygens (including phenoxy) is 1. The van der Waals surface area contributed by atoms with Crippen molar-refractivity contribution in [2.45, 2.75) is 19.3 Å². The second kappa shape index (κ2) is 6.36. The van der Waals surface area contributed by atoms with Gasteiger partial charge in [0.2, 0.25) is 0 Å². The number of ketones is 1. The monoisotopic (exact) mass is 260 g/mol. The minimum absolute atomic E-state index is 0.284. The third-order valence-corrected chi connectivity index (χ3v) is 3.57. The Bertz CT molecular complexity index is 486. The first kappa shape index (κ1) is 12.8. The standard InChI is InChI=1S/C15H16O2S/c1-17-15-6-3-12(4-7-15)10-14(16)5-2-13-8-9-18-11-13/h3-4,6-9,11H,2,5,10H2,1H3. The van der Waals surface area contributed by atoms with Gasteiger partial charge in [0.05, 0.1) is 7.11 Å². The summed E-state index contributed by atoms with van der Waals surface area (Å²) in [5.41, 5.74) is 2.30. The molecule has 0 bridgehead atoms. The highest BCUT2D eigenvalue weighted by Gasteiger charge is 2.05. The molecule has 0 aliphatic rings. The molecule has 18 heavy (non-hydrogen) atoms. The number of thiophene rings is 1. The summed E-state index contributed by atoms with van der Waals surface area (Å²) >= 11 is 1.67. The first-order chi connectivity index (χ1) is 8.78. The molecular formula is C15H16O2S. The van der Waals surface area contributed by atoms with Crippen molar-refractivity contribution >= 4 is 17.1 Å². The molecule has 1 heterocycles. The Morgan fingerprint density at radius 3 is 2.56 bits per heavy atom. The van der Waals surface area contributed by atoms with Crippen molar-refractivity contribution < 1.29 is 9.53 Å². The average Bonchev–Trinajstić information content (AvgIpc) is 2.90. The third kappa shape index (κ3) is 3.70. The van der Waals surface area contributed by atoms with E-state index in [4.69, 9.17) is 4.74 Å². The summed E-state index contributed by atoms with van der Waals surface area (Å²) in [6.07, 6.45) is 1.97. The van der Waals surface area contributed by atoms with Crippen molar-refractivity contribution in [3.8, 4) is 5.75 Å². The highest BCUT2D eigenvalue weighted by atomic mass is 32.1. The van der Waals surface area contributed by atoms with Gasteiger partial charge in [0.1, 0.15) is 11.5 Å². The SMILES string of the molecule is COc1ccc(CC(=O)CCc2ccsc2)cc1. The molecule has 3 heteroatoms. The van der Waals surface area contributed by atoms with E-state index in [0.29, 0.717) is 12.8 Å². The van der Waals surface area contributed by atoms with Gasteiger partial charge in [0.15, 0.2) is 0 Å². The summed E-state index contributed by atoms with van der Waals surface area (Å²) in [7, 11) is 1.64. The quantitative estimate of drug-likeness (QED) is 0.794. The van der Waals surface area contributed by atoms with Gasteiger partial charge in [-0.05, 0) is 46.5 Å². The molecule has 0 spiro atoms. The van der Waals surface area contributed by atoms with Gasteiger partial charge in [-0.3, -0.25) is 4.79 Å². The topological polar surface area (TPSA) is 26.3 Å². The Kier molecular flexibility index (Phi) is 4.53. The normalized spacial score (nSPS) is 10.3. The predicted molar refractivity (Wildman–Crippen MR) is 74.3 cm³/mol. The first-order valence-electron chi connectivity index (χ1n) is 5.93. The van der Waals surface area contributed by atoms with Crippen LogP contribution in [0.3, 0.4) is 0 Å². The summed E-state index contributed by atoms with van der Waals surface area (Å²) in [6.45, 7) is 0. The van der Waals surface area contributed by atoms with E-state index >= 15 is 0 Å². The second-order valence-corrected chi connectivity index (χ2v) is 4.98. The summed E-state index contributed by atoms with van der Waals surface area (Å²) in [5.74, 6) is 1.11. The molecule has 94 valence electrons. The van der Waals surface area contributed by atoms with E-state index in [-0.39, 0.29) is 5.78 Å². The van der Waals surface area contributed by atoms with Crippen molar-refractivity contribution in [1.29, 1.82) is 0 Å². The Balaban J connectivity index is 1.83. The fraction of sp³-hybridized carbons (Fsp3) is 0.267. The van der Waals surface area contributed by atoms with Crippen LogP contribution in [0.1, 0.15) is 17.5 Å². The molecule has 2 nitrogen and oxygen atoms in total. The van der Waals surface area contributed by atoms with Crippen LogP contribution in [0.5, 0.6) is 5.75 Å². The molecule has 1 aromatic heterocycles. The molecule has 0 saturated heterocycles. The predicted octanol–water partition coefficient (Wildman–Crippen LogP) is 3.50. The van der Waals surface area contributed by atoms with E-state index < -0.39 is 0 Å². The van der Waals surface area contributed by atoms with Crippen LogP contribution < -0.4 is 4.74 Å². The van der Waals surface area contributed by atoms with Crippen LogP contribution >= 0.6 is 11.3 Å². The largest absolute Gasteiger partial charge is 0.497 e. The zero-order valence-electron chi connectivity index (χ0n) is 10.4. The maximum atomic E-state index is 11.8. The molecule has 0 saturated carbocycles. The number of methoxy groups -OCH3 is 1. The van der Waals surface area contributed by atoms with Gasteiger partial charge in [0.25, 0.3) is 0 Å². The van der Waals surface area contributed by atoms with Crippen LogP contribution in [0.4, 0.5) is 0 Å². The van der Waals surface area contributed by atoms with E-state index in [2.05, 4.69) is 11.4 Å². The zero-order chi connectivity index (χ0) is 12.8. The number of rotatable bonds is 6. The number of carbonyl (C=O) groups excluding carboxylic acids is 1. The van der Waals surface area contributed by atoms with Crippen LogP contribution in [-0.4, -0.2) is 12.9 Å².